The number of rotatable bonds is 3. The van der Waals surface area contributed by atoms with E-state index >= 15 is 0 Å². The second kappa shape index (κ2) is 3.64. The van der Waals surface area contributed by atoms with Crippen LogP contribution in [0.25, 0.3) is 4.96 Å². The molecule has 0 unspecified atom stereocenters. The van der Waals surface area contributed by atoms with Crippen LogP contribution in [0.5, 0.6) is 5.75 Å². The van der Waals surface area contributed by atoms with E-state index in [0.29, 0.717) is 6.61 Å². The summed E-state index contributed by atoms with van der Waals surface area (Å²) in [5.74, 6) is 0.763. The summed E-state index contributed by atoms with van der Waals surface area (Å²) in [4.78, 5) is 5.41. The molecule has 16 heavy (non-hydrogen) atoms. The summed E-state index contributed by atoms with van der Waals surface area (Å²) in [5.41, 5.74) is 0.927. The van der Waals surface area contributed by atoms with Crippen molar-refractivity contribution in [3.63, 3.8) is 0 Å². The molecule has 0 aliphatic carbocycles. The fraction of sp³-hybridized carbons (Fsp3) is 0.200. The number of ether oxygens (including phenoxy) is 1. The van der Waals surface area contributed by atoms with Crippen LogP contribution in [0, 0.1) is 0 Å². The van der Waals surface area contributed by atoms with Crippen molar-refractivity contribution in [1.29, 1.82) is 0 Å². The highest BCUT2D eigenvalue weighted by Crippen LogP contribution is 2.14. The SMILES string of the molecule is Cn1cc(OCc2cn3ccsc3n2)cn1. The van der Waals surface area contributed by atoms with Crippen LogP contribution < -0.4 is 4.74 Å². The molecule has 3 aromatic rings. The van der Waals surface area contributed by atoms with Gasteiger partial charge < -0.3 is 4.74 Å². The summed E-state index contributed by atoms with van der Waals surface area (Å²) in [5, 5.41) is 6.04. The predicted octanol–water partition coefficient (Wildman–Crippen LogP) is 1.71. The molecule has 3 rings (SSSR count). The topological polar surface area (TPSA) is 44.4 Å². The molecule has 0 saturated carbocycles. The number of hydrogen-bond acceptors (Lipinski definition) is 4. The minimum absolute atomic E-state index is 0.472. The van der Waals surface area contributed by atoms with Crippen molar-refractivity contribution >= 4 is 16.3 Å². The van der Waals surface area contributed by atoms with Gasteiger partial charge in [-0.25, -0.2) is 4.98 Å². The third-order valence-electron chi connectivity index (χ3n) is 2.21. The summed E-state index contributed by atoms with van der Waals surface area (Å²) in [6, 6.07) is 0. The van der Waals surface area contributed by atoms with E-state index in [1.54, 1.807) is 22.2 Å². The van der Waals surface area contributed by atoms with Crippen LogP contribution in [0.15, 0.2) is 30.2 Å². The number of nitrogens with zero attached hydrogens (tertiary/aromatic N) is 4. The average molecular weight is 234 g/mol. The monoisotopic (exact) mass is 234 g/mol. The molecule has 0 saturated heterocycles. The Kier molecular flexibility index (Phi) is 2.14. The van der Waals surface area contributed by atoms with Gasteiger partial charge in [0.15, 0.2) is 10.7 Å². The Labute approximate surface area is 95.9 Å². The molecule has 82 valence electrons. The molecule has 0 aliphatic heterocycles. The van der Waals surface area contributed by atoms with Crippen molar-refractivity contribution in [3.8, 4) is 5.75 Å². The molecule has 6 heteroatoms. The van der Waals surface area contributed by atoms with E-state index in [-0.39, 0.29) is 0 Å². The zero-order valence-electron chi connectivity index (χ0n) is 8.70. The Morgan fingerprint density at radius 1 is 1.44 bits per heavy atom. The Balaban J connectivity index is 1.73. The molecule has 0 aliphatic rings. The van der Waals surface area contributed by atoms with Crippen LogP contribution in [-0.4, -0.2) is 19.2 Å². The highest BCUT2D eigenvalue weighted by atomic mass is 32.1. The first-order valence-electron chi connectivity index (χ1n) is 4.84. The van der Waals surface area contributed by atoms with Gasteiger partial charge in [-0.05, 0) is 0 Å². The Morgan fingerprint density at radius 2 is 2.38 bits per heavy atom. The molecule has 0 bridgehead atoms. The summed E-state index contributed by atoms with van der Waals surface area (Å²) in [6.45, 7) is 0.472. The largest absolute Gasteiger partial charge is 0.484 e. The van der Waals surface area contributed by atoms with E-state index in [4.69, 9.17) is 4.74 Å². The van der Waals surface area contributed by atoms with Crippen LogP contribution in [0.2, 0.25) is 0 Å². The number of aryl methyl sites for hydroxylation is 1. The molecule has 5 nitrogen and oxygen atoms in total. The van der Waals surface area contributed by atoms with Gasteiger partial charge in [-0.2, -0.15) is 5.10 Å². The second-order valence-electron chi connectivity index (χ2n) is 3.46. The van der Waals surface area contributed by atoms with Gasteiger partial charge in [0.25, 0.3) is 0 Å². The number of aromatic nitrogens is 4. The van der Waals surface area contributed by atoms with Crippen LogP contribution >= 0.6 is 11.3 Å². The lowest BCUT2D eigenvalue weighted by atomic mass is 10.5. The van der Waals surface area contributed by atoms with Gasteiger partial charge in [0.05, 0.1) is 18.1 Å². The van der Waals surface area contributed by atoms with Gasteiger partial charge in [-0.15, -0.1) is 11.3 Å². The van der Waals surface area contributed by atoms with E-state index in [0.717, 1.165) is 16.4 Å². The minimum Gasteiger partial charge on any atom is -0.484 e. The van der Waals surface area contributed by atoms with Crippen LogP contribution in [0.3, 0.4) is 0 Å². The van der Waals surface area contributed by atoms with Gasteiger partial charge in [0.2, 0.25) is 0 Å². The molecule has 0 radical (unpaired) electrons. The van der Waals surface area contributed by atoms with Crippen LogP contribution in [0.1, 0.15) is 5.69 Å². The van der Waals surface area contributed by atoms with Crippen molar-refractivity contribution in [2.75, 3.05) is 0 Å². The number of hydrogen-bond donors (Lipinski definition) is 0. The first kappa shape index (κ1) is 9.41. The third-order valence-corrected chi connectivity index (χ3v) is 2.98. The van der Waals surface area contributed by atoms with Crippen molar-refractivity contribution in [1.82, 2.24) is 19.2 Å². The van der Waals surface area contributed by atoms with E-state index in [1.165, 1.54) is 0 Å². The van der Waals surface area contributed by atoms with E-state index < -0.39 is 0 Å². The van der Waals surface area contributed by atoms with Crippen molar-refractivity contribution in [2.24, 2.45) is 7.05 Å². The fourth-order valence-corrected chi connectivity index (χ4v) is 2.20. The average Bonchev–Trinajstić information content (AvgIpc) is 2.89. The summed E-state index contributed by atoms with van der Waals surface area (Å²) >= 11 is 1.61. The Hall–Kier alpha value is -1.82. The highest BCUT2D eigenvalue weighted by molar-refractivity contribution is 7.15. The molecular weight excluding hydrogens is 224 g/mol. The third kappa shape index (κ3) is 1.67. The van der Waals surface area contributed by atoms with Crippen LogP contribution in [0.4, 0.5) is 0 Å². The molecule has 0 spiro atoms. The lowest BCUT2D eigenvalue weighted by Crippen LogP contribution is -1.94. The maximum absolute atomic E-state index is 5.56. The summed E-state index contributed by atoms with van der Waals surface area (Å²) in [6.07, 6.45) is 7.49. The van der Waals surface area contributed by atoms with Gasteiger partial charge >= 0.3 is 0 Å². The smallest absolute Gasteiger partial charge is 0.193 e. The maximum Gasteiger partial charge on any atom is 0.193 e. The summed E-state index contributed by atoms with van der Waals surface area (Å²) in [7, 11) is 1.86. The predicted molar refractivity (Wildman–Crippen MR) is 60.6 cm³/mol. The van der Waals surface area contributed by atoms with Crippen LogP contribution in [-0.2, 0) is 13.7 Å². The molecule has 0 atom stereocenters. The normalized spacial score (nSPS) is 11.1. The lowest BCUT2D eigenvalue weighted by Gasteiger charge is -1.98. The second-order valence-corrected chi connectivity index (χ2v) is 4.34. The number of imidazole rings is 1. The van der Waals surface area contributed by atoms with E-state index in [9.17, 15) is 0 Å². The molecular formula is C10H10N4OS. The Bertz CT molecular complexity index is 580. The quantitative estimate of drug-likeness (QED) is 0.693. The minimum atomic E-state index is 0.472. The molecule has 0 amide bonds. The standard InChI is InChI=1S/C10H10N4OS/c1-13-6-9(4-11-13)15-7-8-5-14-2-3-16-10(14)12-8/h2-6H,7H2,1H3. The highest BCUT2D eigenvalue weighted by Gasteiger charge is 2.03. The molecule has 0 aromatic carbocycles. The van der Waals surface area contributed by atoms with E-state index in [2.05, 4.69) is 10.1 Å². The lowest BCUT2D eigenvalue weighted by molar-refractivity contribution is 0.302. The zero-order valence-corrected chi connectivity index (χ0v) is 9.52. The van der Waals surface area contributed by atoms with Gasteiger partial charge in [-0.1, -0.05) is 0 Å². The molecule has 3 heterocycles. The Morgan fingerprint density at radius 3 is 3.12 bits per heavy atom. The van der Waals surface area contributed by atoms with Gasteiger partial charge in [0.1, 0.15) is 6.61 Å². The number of fused-ring (bicyclic) bond motifs is 1. The zero-order chi connectivity index (χ0) is 11.0. The van der Waals surface area contributed by atoms with Gasteiger partial charge in [0, 0.05) is 24.8 Å². The molecule has 3 aromatic heterocycles. The first-order valence-corrected chi connectivity index (χ1v) is 5.72. The van der Waals surface area contributed by atoms with Gasteiger partial charge in [-0.3, -0.25) is 9.08 Å². The summed E-state index contributed by atoms with van der Waals surface area (Å²) < 4.78 is 9.26. The van der Waals surface area contributed by atoms with Crippen molar-refractivity contribution < 1.29 is 4.74 Å². The molecule has 0 fully saturated rings. The maximum atomic E-state index is 5.56. The first-order chi connectivity index (χ1) is 7.81. The van der Waals surface area contributed by atoms with Crippen molar-refractivity contribution in [3.05, 3.63) is 35.9 Å². The van der Waals surface area contributed by atoms with E-state index in [1.807, 2.05) is 35.4 Å². The molecule has 0 N–H and O–H groups in total. The number of thiazole rings is 1. The fourth-order valence-electron chi connectivity index (χ4n) is 1.48. The van der Waals surface area contributed by atoms with Crippen molar-refractivity contribution in [2.45, 2.75) is 6.61 Å².